The van der Waals surface area contributed by atoms with E-state index in [1.165, 1.54) is 0 Å². The number of amides is 1. The number of anilines is 1. The van der Waals surface area contributed by atoms with Crippen LogP contribution in [0.5, 0.6) is 0 Å². The Hall–Kier alpha value is -0.840. The number of rotatable bonds is 2. The number of carbonyl (C=O) groups excluding carboxylic acids is 1. The zero-order valence-corrected chi connectivity index (χ0v) is 13.0. The molecule has 0 unspecified atom stereocenters. The fourth-order valence-corrected chi connectivity index (χ4v) is 2.32. The number of nitrogens with one attached hydrogen (secondary N) is 1. The Morgan fingerprint density at radius 3 is 2.39 bits per heavy atom. The molecule has 2 rings (SSSR count). The molecule has 0 aliphatic carbocycles. The van der Waals surface area contributed by atoms with Crippen molar-refractivity contribution in [3.8, 4) is 0 Å². The minimum absolute atomic E-state index is 0.175. The number of hydrogen-bond acceptors (Lipinski definition) is 1. The monoisotopic (exact) mass is 387 g/mol. The molecule has 2 aromatic carbocycles. The number of hydrogen-bond donors (Lipinski definition) is 1. The summed E-state index contributed by atoms with van der Waals surface area (Å²) in [5.41, 5.74) is 1.27. The van der Waals surface area contributed by atoms with Gasteiger partial charge >= 0.3 is 0 Å². The Labute approximate surface area is 127 Å². The Kier molecular flexibility index (Phi) is 4.43. The van der Waals surface area contributed by atoms with E-state index in [1.54, 1.807) is 30.3 Å². The minimum atomic E-state index is -0.175. The lowest BCUT2D eigenvalue weighted by atomic mass is 10.2. The van der Waals surface area contributed by atoms with E-state index in [4.69, 9.17) is 11.6 Å². The van der Waals surface area contributed by atoms with Crippen LogP contribution in [0.4, 0.5) is 5.69 Å². The first-order chi connectivity index (χ1) is 8.56. The van der Waals surface area contributed by atoms with Crippen molar-refractivity contribution in [3.05, 3.63) is 62.0 Å². The average molecular weight is 389 g/mol. The van der Waals surface area contributed by atoms with Gasteiger partial charge in [0.25, 0.3) is 5.91 Å². The summed E-state index contributed by atoms with van der Waals surface area (Å²) in [6.07, 6.45) is 0. The third kappa shape index (κ3) is 3.34. The second-order valence-electron chi connectivity index (χ2n) is 3.59. The lowest BCUT2D eigenvalue weighted by Gasteiger charge is -2.07. The Bertz CT molecular complexity index is 584. The van der Waals surface area contributed by atoms with Gasteiger partial charge in [-0.05, 0) is 58.4 Å². The summed E-state index contributed by atoms with van der Waals surface area (Å²) in [7, 11) is 0. The first-order valence-corrected chi connectivity index (χ1v) is 7.04. The summed E-state index contributed by atoms with van der Waals surface area (Å²) >= 11 is 12.5. The topological polar surface area (TPSA) is 29.1 Å². The maximum absolute atomic E-state index is 12.1. The molecule has 0 heterocycles. The molecular formula is C13H8Br2ClNO. The van der Waals surface area contributed by atoms with Crippen molar-refractivity contribution in [2.45, 2.75) is 0 Å². The zero-order valence-electron chi connectivity index (χ0n) is 9.08. The predicted molar refractivity (Wildman–Crippen MR) is 81.2 cm³/mol. The molecule has 5 heteroatoms. The predicted octanol–water partition coefficient (Wildman–Crippen LogP) is 5.12. The Morgan fingerprint density at radius 1 is 1.06 bits per heavy atom. The van der Waals surface area contributed by atoms with Gasteiger partial charge in [0.2, 0.25) is 0 Å². The first kappa shape index (κ1) is 13.6. The molecule has 0 atom stereocenters. The van der Waals surface area contributed by atoms with Crippen molar-refractivity contribution >= 4 is 55.1 Å². The SMILES string of the molecule is O=C(Nc1ccc(Cl)cc1)c1cc(Br)ccc1Br. The molecule has 0 bridgehead atoms. The molecule has 18 heavy (non-hydrogen) atoms. The van der Waals surface area contributed by atoms with Crippen LogP contribution in [0.15, 0.2) is 51.4 Å². The van der Waals surface area contributed by atoms with Gasteiger partial charge in [-0.15, -0.1) is 0 Å². The van der Waals surface area contributed by atoms with Gasteiger partial charge in [0.1, 0.15) is 0 Å². The Morgan fingerprint density at radius 2 is 1.72 bits per heavy atom. The molecule has 0 aliphatic heterocycles. The normalized spacial score (nSPS) is 10.2. The second-order valence-corrected chi connectivity index (χ2v) is 5.79. The first-order valence-electron chi connectivity index (χ1n) is 5.08. The van der Waals surface area contributed by atoms with Crippen molar-refractivity contribution in [1.82, 2.24) is 0 Å². The highest BCUT2D eigenvalue weighted by Crippen LogP contribution is 2.23. The van der Waals surface area contributed by atoms with Crippen LogP contribution >= 0.6 is 43.5 Å². The summed E-state index contributed by atoms with van der Waals surface area (Å²) in [6.45, 7) is 0. The molecule has 1 N–H and O–H groups in total. The van der Waals surface area contributed by atoms with E-state index in [-0.39, 0.29) is 5.91 Å². The summed E-state index contributed by atoms with van der Waals surface area (Å²) < 4.78 is 1.60. The summed E-state index contributed by atoms with van der Waals surface area (Å²) in [5, 5.41) is 3.44. The summed E-state index contributed by atoms with van der Waals surface area (Å²) in [5.74, 6) is -0.175. The molecule has 92 valence electrons. The van der Waals surface area contributed by atoms with Crippen LogP contribution in [0.25, 0.3) is 0 Å². The van der Waals surface area contributed by atoms with E-state index in [0.717, 1.165) is 8.95 Å². The molecule has 2 aromatic rings. The quantitative estimate of drug-likeness (QED) is 0.759. The largest absolute Gasteiger partial charge is 0.322 e. The van der Waals surface area contributed by atoms with Gasteiger partial charge in [-0.1, -0.05) is 27.5 Å². The van der Waals surface area contributed by atoms with Crippen LogP contribution in [0.1, 0.15) is 10.4 Å². The summed E-state index contributed by atoms with van der Waals surface area (Å²) in [6, 6.07) is 12.4. The maximum Gasteiger partial charge on any atom is 0.256 e. The van der Waals surface area contributed by atoms with Crippen molar-refractivity contribution < 1.29 is 4.79 Å². The molecule has 0 radical (unpaired) electrons. The fourth-order valence-electron chi connectivity index (χ4n) is 1.40. The minimum Gasteiger partial charge on any atom is -0.322 e. The van der Waals surface area contributed by atoms with Crippen LogP contribution < -0.4 is 5.32 Å². The molecule has 1 amide bonds. The van der Waals surface area contributed by atoms with E-state index in [2.05, 4.69) is 37.2 Å². The van der Waals surface area contributed by atoms with Gasteiger partial charge in [-0.2, -0.15) is 0 Å². The van der Waals surface area contributed by atoms with E-state index < -0.39 is 0 Å². The van der Waals surface area contributed by atoms with Crippen molar-refractivity contribution in [1.29, 1.82) is 0 Å². The van der Waals surface area contributed by atoms with Gasteiger partial charge < -0.3 is 5.32 Å². The number of halogens is 3. The van der Waals surface area contributed by atoms with E-state index in [9.17, 15) is 4.79 Å². The molecule has 0 spiro atoms. The molecule has 0 aliphatic rings. The van der Waals surface area contributed by atoms with Crippen LogP contribution in [-0.2, 0) is 0 Å². The second kappa shape index (κ2) is 5.87. The summed E-state index contributed by atoms with van der Waals surface area (Å²) in [4.78, 5) is 12.1. The van der Waals surface area contributed by atoms with Gasteiger partial charge in [0.15, 0.2) is 0 Å². The van der Waals surface area contributed by atoms with E-state index in [0.29, 0.717) is 16.3 Å². The van der Waals surface area contributed by atoms with Crippen molar-refractivity contribution in [2.75, 3.05) is 5.32 Å². The average Bonchev–Trinajstić information content (AvgIpc) is 2.35. The zero-order chi connectivity index (χ0) is 13.1. The van der Waals surface area contributed by atoms with Gasteiger partial charge in [0.05, 0.1) is 5.56 Å². The molecular weight excluding hydrogens is 381 g/mol. The Balaban J connectivity index is 2.21. The molecule has 0 saturated carbocycles. The van der Waals surface area contributed by atoms with Crippen LogP contribution in [0.2, 0.25) is 5.02 Å². The maximum atomic E-state index is 12.1. The molecule has 2 nitrogen and oxygen atoms in total. The van der Waals surface area contributed by atoms with Crippen molar-refractivity contribution in [2.24, 2.45) is 0 Å². The standard InChI is InChI=1S/C13H8Br2ClNO/c14-8-1-6-12(15)11(7-8)13(18)17-10-4-2-9(16)3-5-10/h1-7H,(H,17,18). The highest BCUT2D eigenvalue weighted by molar-refractivity contribution is 9.11. The third-order valence-electron chi connectivity index (χ3n) is 2.28. The van der Waals surface area contributed by atoms with Gasteiger partial charge in [0, 0.05) is 19.7 Å². The third-order valence-corrected chi connectivity index (χ3v) is 3.71. The van der Waals surface area contributed by atoms with Crippen LogP contribution in [-0.4, -0.2) is 5.91 Å². The molecule has 0 saturated heterocycles. The fraction of sp³-hybridized carbons (Fsp3) is 0. The van der Waals surface area contributed by atoms with Crippen LogP contribution in [0.3, 0.4) is 0 Å². The lowest BCUT2D eigenvalue weighted by molar-refractivity contribution is 0.102. The van der Waals surface area contributed by atoms with Crippen molar-refractivity contribution in [3.63, 3.8) is 0 Å². The van der Waals surface area contributed by atoms with E-state index in [1.807, 2.05) is 12.1 Å². The number of carbonyl (C=O) groups is 1. The molecule has 0 aromatic heterocycles. The highest BCUT2D eigenvalue weighted by Gasteiger charge is 2.10. The highest BCUT2D eigenvalue weighted by atomic mass is 79.9. The van der Waals surface area contributed by atoms with Crippen LogP contribution in [0, 0.1) is 0 Å². The number of benzene rings is 2. The lowest BCUT2D eigenvalue weighted by Crippen LogP contribution is -2.12. The smallest absolute Gasteiger partial charge is 0.256 e. The van der Waals surface area contributed by atoms with E-state index >= 15 is 0 Å². The molecule has 0 fully saturated rings. The van der Waals surface area contributed by atoms with Gasteiger partial charge in [-0.3, -0.25) is 4.79 Å². The van der Waals surface area contributed by atoms with Gasteiger partial charge in [-0.25, -0.2) is 0 Å².